The molecule has 0 aliphatic carbocycles. The number of ether oxygens (including phenoxy) is 1. The molecule has 3 aromatic rings. The lowest BCUT2D eigenvalue weighted by Gasteiger charge is -2.20. The molecule has 8 heteroatoms. The lowest BCUT2D eigenvalue weighted by Crippen LogP contribution is -2.37. The topological polar surface area (TPSA) is 92.1 Å². The molecule has 0 spiro atoms. The fourth-order valence-corrected chi connectivity index (χ4v) is 3.78. The first-order valence-electron chi connectivity index (χ1n) is 10.7. The van der Waals surface area contributed by atoms with Crippen LogP contribution >= 0.6 is 0 Å². The second-order valence-electron chi connectivity index (χ2n) is 7.68. The number of carbonyl (C=O) groups is 3. The molecule has 1 aromatic heterocycles. The molecule has 8 nitrogen and oxygen atoms in total. The summed E-state index contributed by atoms with van der Waals surface area (Å²) in [6.07, 6.45) is 2.22. The van der Waals surface area contributed by atoms with Crippen LogP contribution in [-0.2, 0) is 22.6 Å². The van der Waals surface area contributed by atoms with Crippen molar-refractivity contribution in [3.8, 4) is 5.75 Å². The number of aryl methyl sites for hydroxylation is 1. The first kappa shape index (κ1) is 22.1. The molecule has 1 N–H and O–H groups in total. The predicted molar refractivity (Wildman–Crippen MR) is 123 cm³/mol. The van der Waals surface area contributed by atoms with E-state index < -0.39 is 18.0 Å². The van der Waals surface area contributed by atoms with Gasteiger partial charge in [-0.05, 0) is 48.4 Å². The number of anilines is 2. The molecule has 0 radical (unpaired) electrons. The van der Waals surface area contributed by atoms with Crippen molar-refractivity contribution in [2.24, 2.45) is 0 Å². The van der Waals surface area contributed by atoms with Crippen LogP contribution in [0.4, 0.5) is 16.2 Å². The number of nitrogens with zero attached hydrogens (tertiary/aromatic N) is 2. The van der Waals surface area contributed by atoms with Gasteiger partial charge in [0, 0.05) is 11.8 Å². The minimum Gasteiger partial charge on any atom is -0.497 e. The van der Waals surface area contributed by atoms with E-state index in [0.29, 0.717) is 22.9 Å². The zero-order valence-corrected chi connectivity index (χ0v) is 18.5. The summed E-state index contributed by atoms with van der Waals surface area (Å²) in [4.78, 5) is 41.9. The van der Waals surface area contributed by atoms with Crippen molar-refractivity contribution in [3.63, 3.8) is 0 Å². The Labute approximate surface area is 191 Å². The molecule has 1 fully saturated rings. The van der Waals surface area contributed by atoms with Crippen LogP contribution in [0.25, 0.3) is 0 Å². The van der Waals surface area contributed by atoms with Crippen LogP contribution in [-0.4, -0.2) is 35.9 Å². The molecule has 2 aromatic carbocycles. The number of carbonyl (C=O) groups excluding carboxylic acids is 3. The highest BCUT2D eigenvalue weighted by Gasteiger charge is 2.47. The van der Waals surface area contributed by atoms with Gasteiger partial charge in [-0.3, -0.25) is 9.59 Å². The van der Waals surface area contributed by atoms with Gasteiger partial charge in [0.2, 0.25) is 5.91 Å². The van der Waals surface area contributed by atoms with E-state index >= 15 is 0 Å². The summed E-state index contributed by atoms with van der Waals surface area (Å²) >= 11 is 0. The standard InChI is InChI=1S/C25H25N3O5/c1-3-17-9-11-18(12-10-17)26-23(29)15-22-24(30)28(19-6-4-7-20(14-19)32-2)25(31)27(22)16-21-8-5-13-33-21/h4-14,22H,3,15-16H2,1-2H3,(H,26,29)/t22-/m0/s1. The van der Waals surface area contributed by atoms with Crippen molar-refractivity contribution in [1.82, 2.24) is 4.90 Å². The third-order valence-electron chi connectivity index (χ3n) is 5.56. The van der Waals surface area contributed by atoms with Crippen LogP contribution in [0.3, 0.4) is 0 Å². The molecular formula is C25H25N3O5. The summed E-state index contributed by atoms with van der Waals surface area (Å²) in [5, 5.41) is 2.82. The number of imide groups is 1. The molecule has 2 heterocycles. The Hall–Kier alpha value is -4.07. The summed E-state index contributed by atoms with van der Waals surface area (Å²) in [7, 11) is 1.51. The highest BCUT2D eigenvalue weighted by Crippen LogP contribution is 2.30. The van der Waals surface area contributed by atoms with E-state index in [0.717, 1.165) is 16.9 Å². The largest absolute Gasteiger partial charge is 0.497 e. The first-order valence-corrected chi connectivity index (χ1v) is 10.7. The molecule has 4 rings (SSSR count). The summed E-state index contributed by atoms with van der Waals surface area (Å²) in [6.45, 7) is 2.12. The van der Waals surface area contributed by atoms with Crippen molar-refractivity contribution >= 4 is 29.2 Å². The summed E-state index contributed by atoms with van der Waals surface area (Å²) in [6, 6.07) is 16.1. The van der Waals surface area contributed by atoms with E-state index in [4.69, 9.17) is 9.15 Å². The molecular weight excluding hydrogens is 422 g/mol. The average molecular weight is 447 g/mol. The van der Waals surface area contributed by atoms with Crippen LogP contribution in [0.2, 0.25) is 0 Å². The van der Waals surface area contributed by atoms with Gasteiger partial charge in [0.05, 0.1) is 32.0 Å². The Balaban J connectivity index is 1.57. The van der Waals surface area contributed by atoms with Crippen molar-refractivity contribution in [2.75, 3.05) is 17.3 Å². The number of hydrogen-bond acceptors (Lipinski definition) is 5. The van der Waals surface area contributed by atoms with E-state index in [9.17, 15) is 14.4 Å². The Morgan fingerprint density at radius 1 is 1.09 bits per heavy atom. The highest BCUT2D eigenvalue weighted by atomic mass is 16.5. The Bertz CT molecular complexity index is 1140. The van der Waals surface area contributed by atoms with Crippen molar-refractivity contribution in [2.45, 2.75) is 32.4 Å². The number of methoxy groups -OCH3 is 1. The predicted octanol–water partition coefficient (Wildman–Crippen LogP) is 4.22. The van der Waals surface area contributed by atoms with Crippen molar-refractivity contribution in [1.29, 1.82) is 0 Å². The number of urea groups is 1. The van der Waals surface area contributed by atoms with E-state index in [2.05, 4.69) is 12.2 Å². The van der Waals surface area contributed by atoms with E-state index in [1.165, 1.54) is 18.3 Å². The van der Waals surface area contributed by atoms with E-state index in [1.54, 1.807) is 36.4 Å². The molecule has 33 heavy (non-hydrogen) atoms. The monoisotopic (exact) mass is 447 g/mol. The lowest BCUT2D eigenvalue weighted by molar-refractivity contribution is -0.124. The Morgan fingerprint density at radius 2 is 1.88 bits per heavy atom. The molecule has 0 unspecified atom stereocenters. The second-order valence-corrected chi connectivity index (χ2v) is 7.68. The van der Waals surface area contributed by atoms with Gasteiger partial charge in [0.15, 0.2) is 0 Å². The molecule has 1 saturated heterocycles. The van der Waals surface area contributed by atoms with Gasteiger partial charge in [0.25, 0.3) is 5.91 Å². The maximum Gasteiger partial charge on any atom is 0.332 e. The molecule has 1 atom stereocenters. The first-order chi connectivity index (χ1) is 16.0. The molecule has 170 valence electrons. The highest BCUT2D eigenvalue weighted by molar-refractivity contribution is 6.22. The lowest BCUT2D eigenvalue weighted by atomic mass is 10.1. The molecule has 0 saturated carbocycles. The number of amides is 4. The third-order valence-corrected chi connectivity index (χ3v) is 5.56. The van der Waals surface area contributed by atoms with E-state index in [1.807, 2.05) is 24.3 Å². The van der Waals surface area contributed by atoms with Gasteiger partial charge in [-0.2, -0.15) is 0 Å². The van der Waals surface area contributed by atoms with Gasteiger partial charge in [-0.25, -0.2) is 9.69 Å². The van der Waals surface area contributed by atoms with Gasteiger partial charge in [0.1, 0.15) is 17.6 Å². The van der Waals surface area contributed by atoms with Crippen LogP contribution in [0, 0.1) is 0 Å². The summed E-state index contributed by atoms with van der Waals surface area (Å²) in [5.41, 5.74) is 2.17. The van der Waals surface area contributed by atoms with Crippen molar-refractivity contribution in [3.05, 3.63) is 78.3 Å². The van der Waals surface area contributed by atoms with Gasteiger partial charge >= 0.3 is 6.03 Å². The number of hydrogen-bond donors (Lipinski definition) is 1. The minimum atomic E-state index is -0.969. The minimum absolute atomic E-state index is 0.0706. The number of benzene rings is 2. The number of nitrogens with one attached hydrogen (secondary N) is 1. The normalized spacial score (nSPS) is 15.8. The number of rotatable bonds is 8. The third kappa shape index (κ3) is 4.74. The zero-order valence-electron chi connectivity index (χ0n) is 18.5. The van der Waals surface area contributed by atoms with Gasteiger partial charge in [-0.15, -0.1) is 0 Å². The maximum absolute atomic E-state index is 13.3. The zero-order chi connectivity index (χ0) is 23.4. The Kier molecular flexibility index (Phi) is 6.44. The smallest absolute Gasteiger partial charge is 0.332 e. The Morgan fingerprint density at radius 3 is 2.55 bits per heavy atom. The summed E-state index contributed by atoms with van der Waals surface area (Å²) < 4.78 is 10.6. The van der Waals surface area contributed by atoms with Crippen molar-refractivity contribution < 1.29 is 23.5 Å². The quantitative estimate of drug-likeness (QED) is 0.522. The van der Waals surface area contributed by atoms with E-state index in [-0.39, 0.29) is 18.9 Å². The van der Waals surface area contributed by atoms with Gasteiger partial charge in [-0.1, -0.05) is 25.1 Å². The van der Waals surface area contributed by atoms with Gasteiger partial charge < -0.3 is 19.4 Å². The second kappa shape index (κ2) is 9.60. The van der Waals surface area contributed by atoms with Crippen LogP contribution < -0.4 is 15.0 Å². The molecule has 0 bridgehead atoms. The molecule has 1 aliphatic rings. The molecule has 4 amide bonds. The average Bonchev–Trinajstić information content (AvgIpc) is 3.42. The molecule has 1 aliphatic heterocycles. The fraction of sp³-hybridized carbons (Fsp3) is 0.240. The van der Waals surface area contributed by atoms with Crippen LogP contribution in [0.1, 0.15) is 24.7 Å². The summed E-state index contributed by atoms with van der Waals surface area (Å²) in [5.74, 6) is 0.199. The SMILES string of the molecule is CCc1ccc(NC(=O)C[C@H]2C(=O)N(c3cccc(OC)c3)C(=O)N2Cc2ccco2)cc1. The van der Waals surface area contributed by atoms with Crippen LogP contribution in [0.15, 0.2) is 71.3 Å². The maximum atomic E-state index is 13.3. The fourth-order valence-electron chi connectivity index (χ4n) is 3.78. The number of furan rings is 1. The van der Waals surface area contributed by atoms with Crippen LogP contribution in [0.5, 0.6) is 5.75 Å².